The van der Waals surface area contributed by atoms with Gasteiger partial charge in [-0.1, -0.05) is 12.1 Å². The van der Waals surface area contributed by atoms with E-state index < -0.39 is 10.0 Å². The number of thioether (sulfide) groups is 1. The maximum atomic E-state index is 10.8. The van der Waals surface area contributed by atoms with Gasteiger partial charge in [-0.2, -0.15) is 0 Å². The van der Waals surface area contributed by atoms with Gasteiger partial charge in [-0.05, 0) is 24.0 Å². The van der Waals surface area contributed by atoms with Gasteiger partial charge >= 0.3 is 0 Å². The van der Waals surface area contributed by atoms with Crippen molar-refractivity contribution in [3.8, 4) is 0 Å². The molecular weight excluding hydrogens is 206 g/mol. The van der Waals surface area contributed by atoms with Crippen molar-refractivity contribution in [3.63, 3.8) is 0 Å². The lowest BCUT2D eigenvalue weighted by Gasteiger charge is -2.01. The number of hydrogen-bond acceptors (Lipinski definition) is 3. The molecule has 1 rings (SSSR count). The van der Waals surface area contributed by atoms with E-state index in [9.17, 15) is 8.42 Å². The second-order valence-corrected chi connectivity index (χ2v) is 5.15. The highest BCUT2D eigenvalue weighted by Crippen LogP contribution is 2.16. The molecule has 0 aliphatic carbocycles. The predicted molar refractivity (Wildman–Crippen MR) is 55.0 cm³/mol. The zero-order chi connectivity index (χ0) is 9.90. The van der Waals surface area contributed by atoms with Gasteiger partial charge in [0.15, 0.2) is 0 Å². The summed E-state index contributed by atoms with van der Waals surface area (Å²) >= 11 is 1.57. The minimum atomic E-state index is -3.41. The molecule has 1 aromatic carbocycles. The molecule has 0 spiro atoms. The molecule has 13 heavy (non-hydrogen) atoms. The average molecular weight is 217 g/mol. The van der Waals surface area contributed by atoms with Crippen molar-refractivity contribution in [2.24, 2.45) is 5.14 Å². The van der Waals surface area contributed by atoms with Gasteiger partial charge in [0.25, 0.3) is 0 Å². The standard InChI is InChI=1S/C8H11NO2S2/c1-12-8-4-2-3-7(5-8)6-13(9,10)11/h2-5H,6H2,1H3,(H2,9,10,11). The zero-order valence-electron chi connectivity index (χ0n) is 7.23. The normalized spacial score (nSPS) is 11.5. The Balaban J connectivity index is 2.90. The fraction of sp³-hybridized carbons (Fsp3) is 0.250. The van der Waals surface area contributed by atoms with Crippen LogP contribution in [0.2, 0.25) is 0 Å². The molecule has 0 saturated heterocycles. The Kier molecular flexibility index (Phi) is 3.35. The molecule has 72 valence electrons. The number of primary sulfonamides is 1. The summed E-state index contributed by atoms with van der Waals surface area (Å²) in [7, 11) is -3.41. The second kappa shape index (κ2) is 4.13. The molecule has 0 amide bonds. The molecule has 0 fully saturated rings. The largest absolute Gasteiger partial charge is 0.228 e. The number of rotatable bonds is 3. The first-order chi connectivity index (χ1) is 6.01. The smallest absolute Gasteiger partial charge is 0.213 e. The Morgan fingerprint density at radius 3 is 2.69 bits per heavy atom. The van der Waals surface area contributed by atoms with Crippen molar-refractivity contribution in [2.75, 3.05) is 6.26 Å². The molecule has 0 bridgehead atoms. The third-order valence-corrected chi connectivity index (χ3v) is 2.96. The van der Waals surface area contributed by atoms with E-state index in [0.29, 0.717) is 0 Å². The third kappa shape index (κ3) is 3.80. The number of sulfonamides is 1. The summed E-state index contributed by atoms with van der Waals surface area (Å²) in [4.78, 5) is 1.04. The van der Waals surface area contributed by atoms with E-state index in [0.717, 1.165) is 10.5 Å². The van der Waals surface area contributed by atoms with Gasteiger partial charge in [0.05, 0.1) is 5.75 Å². The summed E-state index contributed by atoms with van der Waals surface area (Å²) in [5.41, 5.74) is 0.731. The molecule has 5 heteroatoms. The monoisotopic (exact) mass is 217 g/mol. The van der Waals surface area contributed by atoms with Crippen molar-refractivity contribution < 1.29 is 8.42 Å². The SMILES string of the molecule is CSc1cccc(CS(N)(=O)=O)c1. The van der Waals surface area contributed by atoms with Gasteiger partial charge in [0.2, 0.25) is 10.0 Å². The molecule has 1 aromatic rings. The van der Waals surface area contributed by atoms with Crippen LogP contribution in [0, 0.1) is 0 Å². The van der Waals surface area contributed by atoms with E-state index in [2.05, 4.69) is 0 Å². The van der Waals surface area contributed by atoms with Crippen LogP contribution in [0.4, 0.5) is 0 Å². The highest BCUT2D eigenvalue weighted by Gasteiger charge is 2.04. The van der Waals surface area contributed by atoms with Gasteiger partial charge in [0.1, 0.15) is 0 Å². The topological polar surface area (TPSA) is 60.2 Å². The van der Waals surface area contributed by atoms with Gasteiger partial charge < -0.3 is 0 Å². The Labute approximate surface area is 82.4 Å². The van der Waals surface area contributed by atoms with Crippen molar-refractivity contribution in [1.29, 1.82) is 0 Å². The number of benzene rings is 1. The fourth-order valence-corrected chi connectivity index (χ4v) is 2.12. The molecule has 0 unspecified atom stereocenters. The van der Waals surface area contributed by atoms with E-state index in [-0.39, 0.29) is 5.75 Å². The first-order valence-corrected chi connectivity index (χ1v) is 6.59. The Bertz CT molecular complexity index is 387. The van der Waals surface area contributed by atoms with Crippen LogP contribution in [0.1, 0.15) is 5.56 Å². The molecule has 0 aromatic heterocycles. The number of hydrogen-bond donors (Lipinski definition) is 1. The van der Waals surface area contributed by atoms with Crippen molar-refractivity contribution >= 4 is 21.8 Å². The lowest BCUT2D eigenvalue weighted by molar-refractivity contribution is 0.597. The molecule has 0 heterocycles. The third-order valence-electron chi connectivity index (χ3n) is 1.50. The zero-order valence-corrected chi connectivity index (χ0v) is 8.86. The van der Waals surface area contributed by atoms with Crippen molar-refractivity contribution in [3.05, 3.63) is 29.8 Å². The molecule has 0 aliphatic heterocycles. The summed E-state index contributed by atoms with van der Waals surface area (Å²) < 4.78 is 21.5. The van der Waals surface area contributed by atoms with Crippen LogP contribution in [0.15, 0.2) is 29.2 Å². The lowest BCUT2D eigenvalue weighted by atomic mass is 10.2. The van der Waals surface area contributed by atoms with E-state index in [1.807, 2.05) is 24.5 Å². The van der Waals surface area contributed by atoms with Gasteiger partial charge in [-0.3, -0.25) is 0 Å². The van der Waals surface area contributed by atoms with Crippen LogP contribution in [0.5, 0.6) is 0 Å². The van der Waals surface area contributed by atoms with Crippen LogP contribution < -0.4 is 5.14 Å². The Morgan fingerprint density at radius 1 is 1.46 bits per heavy atom. The highest BCUT2D eigenvalue weighted by molar-refractivity contribution is 7.98. The summed E-state index contributed by atoms with van der Waals surface area (Å²) in [6.45, 7) is 0. The minimum Gasteiger partial charge on any atom is -0.228 e. The second-order valence-electron chi connectivity index (χ2n) is 2.66. The average Bonchev–Trinajstić information content (AvgIpc) is 2.01. The summed E-state index contributed by atoms with van der Waals surface area (Å²) in [5, 5.41) is 4.92. The van der Waals surface area contributed by atoms with Crippen LogP contribution >= 0.6 is 11.8 Å². The molecule has 0 saturated carbocycles. The molecule has 2 N–H and O–H groups in total. The van der Waals surface area contributed by atoms with Crippen LogP contribution in [0.25, 0.3) is 0 Å². The van der Waals surface area contributed by atoms with Gasteiger partial charge in [-0.25, -0.2) is 13.6 Å². The van der Waals surface area contributed by atoms with Crippen LogP contribution in [-0.4, -0.2) is 14.7 Å². The van der Waals surface area contributed by atoms with E-state index in [4.69, 9.17) is 5.14 Å². The fourth-order valence-electron chi connectivity index (χ4n) is 0.995. The molecular formula is C8H11NO2S2. The predicted octanol–water partition coefficient (Wildman–Crippen LogP) is 1.20. The molecule has 0 atom stereocenters. The Morgan fingerprint density at radius 2 is 2.15 bits per heavy atom. The summed E-state index contributed by atoms with van der Waals surface area (Å²) in [5.74, 6) is -0.0958. The summed E-state index contributed by atoms with van der Waals surface area (Å²) in [6.07, 6.45) is 1.94. The van der Waals surface area contributed by atoms with Crippen molar-refractivity contribution in [2.45, 2.75) is 10.6 Å². The van der Waals surface area contributed by atoms with E-state index in [1.54, 1.807) is 17.8 Å². The maximum Gasteiger partial charge on any atom is 0.213 e. The first kappa shape index (κ1) is 10.6. The molecule has 0 aliphatic rings. The van der Waals surface area contributed by atoms with Gasteiger partial charge in [-0.15, -0.1) is 11.8 Å². The minimum absolute atomic E-state index is 0.0958. The Hall–Kier alpha value is -0.520. The van der Waals surface area contributed by atoms with Crippen LogP contribution in [0.3, 0.4) is 0 Å². The summed E-state index contributed by atoms with van der Waals surface area (Å²) in [6, 6.07) is 7.34. The van der Waals surface area contributed by atoms with Crippen molar-refractivity contribution in [1.82, 2.24) is 0 Å². The maximum absolute atomic E-state index is 10.8. The molecule has 0 radical (unpaired) electrons. The van der Waals surface area contributed by atoms with E-state index >= 15 is 0 Å². The van der Waals surface area contributed by atoms with E-state index in [1.165, 1.54) is 0 Å². The first-order valence-electron chi connectivity index (χ1n) is 3.65. The molecule has 3 nitrogen and oxygen atoms in total. The highest BCUT2D eigenvalue weighted by atomic mass is 32.2. The lowest BCUT2D eigenvalue weighted by Crippen LogP contribution is -2.14. The number of nitrogens with two attached hydrogens (primary N) is 1. The van der Waals surface area contributed by atoms with Gasteiger partial charge in [0, 0.05) is 4.90 Å². The quantitative estimate of drug-likeness (QED) is 0.774. The van der Waals surface area contributed by atoms with Crippen LogP contribution in [-0.2, 0) is 15.8 Å².